The molecule has 5 nitrogen and oxygen atoms in total. The summed E-state index contributed by atoms with van der Waals surface area (Å²) in [4.78, 5) is 13.4. The molecule has 1 N–H and O–H groups in total. The fourth-order valence-corrected chi connectivity index (χ4v) is 7.45. The van der Waals surface area contributed by atoms with Crippen LogP contribution in [0.15, 0.2) is 35.3 Å². The van der Waals surface area contributed by atoms with Crippen LogP contribution in [-0.4, -0.2) is 14.8 Å². The summed E-state index contributed by atoms with van der Waals surface area (Å²) in [5.41, 5.74) is -0.0268. The molecule has 4 bridgehead atoms. The Labute approximate surface area is 201 Å². The van der Waals surface area contributed by atoms with Crippen molar-refractivity contribution in [3.8, 4) is 0 Å². The third-order valence-corrected chi connectivity index (χ3v) is 8.63. The van der Waals surface area contributed by atoms with Crippen LogP contribution in [0.25, 0.3) is 10.8 Å². The van der Waals surface area contributed by atoms with Gasteiger partial charge in [-0.3, -0.25) is 4.79 Å². The van der Waals surface area contributed by atoms with Gasteiger partial charge >= 0.3 is 0 Å². The molecule has 0 saturated heterocycles. The summed E-state index contributed by atoms with van der Waals surface area (Å²) in [5.74, 6) is 1.55. The van der Waals surface area contributed by atoms with Gasteiger partial charge in [-0.25, -0.2) is 13.2 Å². The molecule has 0 spiro atoms. The van der Waals surface area contributed by atoms with Crippen LogP contribution in [0.2, 0.25) is 0 Å². The molecule has 1 aromatic carbocycles. The molecule has 0 aliphatic heterocycles. The van der Waals surface area contributed by atoms with Crippen LogP contribution < -0.4 is 10.9 Å². The van der Waals surface area contributed by atoms with Gasteiger partial charge in [-0.2, -0.15) is 5.10 Å². The van der Waals surface area contributed by atoms with Crippen molar-refractivity contribution in [2.24, 2.45) is 17.8 Å². The largest absolute Gasteiger partial charge is 0.361 e. The quantitative estimate of drug-likeness (QED) is 0.465. The predicted molar refractivity (Wildman–Crippen MR) is 128 cm³/mol. The Morgan fingerprint density at radius 3 is 2.29 bits per heavy atom. The molecular formula is C27H29F3N4O. The lowest BCUT2D eigenvalue weighted by Gasteiger charge is -2.57. The Hall–Kier alpha value is -2.90. The fraction of sp³-hybridized carbons (Fsp3) is 0.519. The van der Waals surface area contributed by atoms with Crippen LogP contribution in [0.5, 0.6) is 0 Å². The van der Waals surface area contributed by atoms with E-state index in [-0.39, 0.29) is 16.7 Å². The summed E-state index contributed by atoms with van der Waals surface area (Å²) in [6.45, 7) is 3.51. The number of hydrogen-bond acceptors (Lipinski definition) is 4. The van der Waals surface area contributed by atoms with E-state index in [0.717, 1.165) is 30.7 Å². The van der Waals surface area contributed by atoms with E-state index < -0.39 is 23.8 Å². The van der Waals surface area contributed by atoms with Crippen molar-refractivity contribution in [1.29, 1.82) is 0 Å². The molecule has 4 fully saturated rings. The molecule has 2 heterocycles. The number of anilines is 1. The second-order valence-corrected chi connectivity index (χ2v) is 11.0. The van der Waals surface area contributed by atoms with E-state index >= 15 is 0 Å². The highest BCUT2D eigenvalue weighted by atomic mass is 19.3. The Morgan fingerprint density at radius 1 is 1.03 bits per heavy atom. The molecule has 0 radical (unpaired) electrons. The molecule has 8 heteroatoms. The SMILES string of the molecule is Cc1nnc(N[C@H](C)c2cccc(C(F)F)c2F)c2cn(C34CC5CC(CC(C5)C3)C4)c(=O)cc12. The van der Waals surface area contributed by atoms with Gasteiger partial charge < -0.3 is 9.88 Å². The maximum Gasteiger partial charge on any atom is 0.266 e. The summed E-state index contributed by atoms with van der Waals surface area (Å²) < 4.78 is 43.2. The zero-order chi connectivity index (χ0) is 24.5. The average Bonchev–Trinajstić information content (AvgIpc) is 2.79. The van der Waals surface area contributed by atoms with E-state index in [0.29, 0.717) is 34.7 Å². The molecule has 0 unspecified atom stereocenters. The van der Waals surface area contributed by atoms with Gasteiger partial charge in [0.2, 0.25) is 0 Å². The van der Waals surface area contributed by atoms with Gasteiger partial charge in [0.25, 0.3) is 12.0 Å². The first kappa shape index (κ1) is 22.6. The van der Waals surface area contributed by atoms with Gasteiger partial charge in [0.05, 0.1) is 17.3 Å². The van der Waals surface area contributed by atoms with E-state index in [1.54, 1.807) is 13.0 Å². The van der Waals surface area contributed by atoms with Crippen molar-refractivity contribution in [3.63, 3.8) is 0 Å². The topological polar surface area (TPSA) is 59.8 Å². The number of fused-ring (bicyclic) bond motifs is 1. The lowest BCUT2D eigenvalue weighted by atomic mass is 9.53. The number of nitrogens with zero attached hydrogens (tertiary/aromatic N) is 3. The molecule has 1 atom stereocenters. The summed E-state index contributed by atoms with van der Waals surface area (Å²) in [6.07, 6.45) is 5.95. The number of rotatable bonds is 5. The van der Waals surface area contributed by atoms with Crippen LogP contribution >= 0.6 is 0 Å². The fourth-order valence-electron chi connectivity index (χ4n) is 7.45. The Morgan fingerprint density at radius 2 is 1.66 bits per heavy atom. The van der Waals surface area contributed by atoms with Gasteiger partial charge in [0.15, 0.2) is 5.82 Å². The first-order valence-electron chi connectivity index (χ1n) is 12.5. The van der Waals surface area contributed by atoms with Crippen molar-refractivity contribution < 1.29 is 13.2 Å². The third-order valence-electron chi connectivity index (χ3n) is 8.63. The predicted octanol–water partition coefficient (Wildman–Crippen LogP) is 6.28. The number of alkyl halides is 2. The molecular weight excluding hydrogens is 453 g/mol. The Balaban J connectivity index is 1.42. The zero-order valence-electron chi connectivity index (χ0n) is 19.9. The number of halogens is 3. The van der Waals surface area contributed by atoms with Crippen LogP contribution in [-0.2, 0) is 5.54 Å². The van der Waals surface area contributed by atoms with Crippen molar-refractivity contribution in [2.45, 2.75) is 70.4 Å². The lowest BCUT2D eigenvalue weighted by Crippen LogP contribution is -2.54. The highest BCUT2D eigenvalue weighted by Crippen LogP contribution is 2.58. The molecule has 0 amide bonds. The molecule has 4 saturated carbocycles. The van der Waals surface area contributed by atoms with Crippen LogP contribution in [0, 0.1) is 30.5 Å². The second-order valence-electron chi connectivity index (χ2n) is 11.0. The zero-order valence-corrected chi connectivity index (χ0v) is 19.9. The number of benzene rings is 1. The minimum absolute atomic E-state index is 0.0229. The first-order chi connectivity index (χ1) is 16.7. The summed E-state index contributed by atoms with van der Waals surface area (Å²) in [6, 6.07) is 5.04. The number of aryl methyl sites for hydroxylation is 1. The van der Waals surface area contributed by atoms with Gasteiger partial charge in [0, 0.05) is 34.1 Å². The highest BCUT2D eigenvalue weighted by Gasteiger charge is 2.52. The molecule has 184 valence electrons. The van der Waals surface area contributed by atoms with Crippen molar-refractivity contribution >= 4 is 16.6 Å². The number of pyridine rings is 1. The Kier molecular flexibility index (Phi) is 5.20. The van der Waals surface area contributed by atoms with Gasteiger partial charge in [-0.15, -0.1) is 5.10 Å². The normalized spacial score (nSPS) is 28.1. The van der Waals surface area contributed by atoms with E-state index in [2.05, 4.69) is 15.5 Å². The molecule has 4 aliphatic rings. The van der Waals surface area contributed by atoms with Crippen LogP contribution in [0.4, 0.5) is 19.0 Å². The number of aromatic nitrogens is 3. The third kappa shape index (κ3) is 3.64. The maximum absolute atomic E-state index is 14.8. The van der Waals surface area contributed by atoms with Crippen molar-refractivity contribution in [2.75, 3.05) is 5.32 Å². The maximum atomic E-state index is 14.8. The minimum atomic E-state index is -2.89. The Bertz CT molecular complexity index is 1330. The summed E-state index contributed by atoms with van der Waals surface area (Å²) in [5, 5.41) is 13.2. The summed E-state index contributed by atoms with van der Waals surface area (Å²) in [7, 11) is 0. The van der Waals surface area contributed by atoms with Gasteiger partial charge in [0.1, 0.15) is 5.82 Å². The van der Waals surface area contributed by atoms with E-state index in [1.807, 2.05) is 17.7 Å². The van der Waals surface area contributed by atoms with Gasteiger partial charge in [-0.05, 0) is 70.1 Å². The summed E-state index contributed by atoms with van der Waals surface area (Å²) >= 11 is 0. The van der Waals surface area contributed by atoms with Crippen molar-refractivity contribution in [1.82, 2.24) is 14.8 Å². The molecule has 7 rings (SSSR count). The molecule has 35 heavy (non-hydrogen) atoms. The standard InChI is InChI=1S/C27H29F3N4O/c1-14(19-4-3-5-20(24(19)28)25(29)30)31-26-22-13-34(23(35)9-21(22)15(2)32-33-26)27-10-16-6-17(11-27)8-18(7-16)12-27/h3-5,9,13-14,16-18,25H,6-8,10-12H2,1-2H3,(H,31,33)/t14-,16?,17?,18?,27?/m1/s1. The number of hydrogen-bond donors (Lipinski definition) is 1. The van der Waals surface area contributed by atoms with Crippen LogP contribution in [0.1, 0.15) is 74.7 Å². The van der Waals surface area contributed by atoms with E-state index in [4.69, 9.17) is 0 Å². The monoisotopic (exact) mass is 482 g/mol. The number of nitrogens with one attached hydrogen (secondary N) is 1. The van der Waals surface area contributed by atoms with Crippen LogP contribution in [0.3, 0.4) is 0 Å². The molecule has 2 aromatic heterocycles. The van der Waals surface area contributed by atoms with Gasteiger partial charge in [-0.1, -0.05) is 18.2 Å². The smallest absolute Gasteiger partial charge is 0.266 e. The second kappa shape index (κ2) is 8.07. The van der Waals surface area contributed by atoms with E-state index in [9.17, 15) is 18.0 Å². The molecule has 3 aromatic rings. The van der Waals surface area contributed by atoms with E-state index in [1.165, 1.54) is 31.4 Å². The first-order valence-corrected chi connectivity index (χ1v) is 12.5. The lowest BCUT2D eigenvalue weighted by molar-refractivity contribution is -0.0446. The minimum Gasteiger partial charge on any atom is -0.361 e. The average molecular weight is 483 g/mol. The highest BCUT2D eigenvalue weighted by molar-refractivity contribution is 5.92. The van der Waals surface area contributed by atoms with Crippen molar-refractivity contribution in [3.05, 3.63) is 63.5 Å². The molecule has 4 aliphatic carbocycles.